The van der Waals surface area contributed by atoms with Crippen molar-refractivity contribution in [3.8, 4) is 0 Å². The number of hydrogen-bond donors (Lipinski definition) is 0. The fraction of sp³-hybridized carbons (Fsp3) is 0.591. The lowest BCUT2D eigenvalue weighted by atomic mass is 10.2. The second-order valence-electron chi connectivity index (χ2n) is 8.04. The first kappa shape index (κ1) is 20.4. The number of fused-ring (bicyclic) bond motifs is 1. The predicted octanol–water partition coefficient (Wildman–Crippen LogP) is 3.16. The Kier molecular flexibility index (Phi) is 6.25. The summed E-state index contributed by atoms with van der Waals surface area (Å²) < 4.78 is 1.87. The number of carbonyl (C=O) groups excluding carboxylic acids is 1. The van der Waals surface area contributed by atoms with Crippen LogP contribution in [-0.2, 0) is 4.79 Å². The van der Waals surface area contributed by atoms with Crippen LogP contribution in [0.5, 0.6) is 0 Å². The molecule has 2 aromatic rings. The van der Waals surface area contributed by atoms with Crippen LogP contribution in [0.15, 0.2) is 34.2 Å². The van der Waals surface area contributed by atoms with Crippen LogP contribution in [0, 0.1) is 0 Å². The molecule has 1 saturated heterocycles. The van der Waals surface area contributed by atoms with E-state index < -0.39 is 0 Å². The van der Waals surface area contributed by atoms with Gasteiger partial charge >= 0.3 is 0 Å². The van der Waals surface area contributed by atoms with Crippen molar-refractivity contribution >= 4 is 28.6 Å². The second-order valence-corrected chi connectivity index (χ2v) is 9.35. The van der Waals surface area contributed by atoms with E-state index in [1.165, 1.54) is 11.8 Å². The smallest absolute Gasteiger partial charge is 0.262 e. The zero-order valence-electron chi connectivity index (χ0n) is 17.3. The van der Waals surface area contributed by atoms with Crippen molar-refractivity contribution in [3.63, 3.8) is 0 Å². The Balaban J connectivity index is 1.60. The Bertz CT molecular complexity index is 930. The number of aromatic nitrogens is 2. The molecule has 0 bridgehead atoms. The van der Waals surface area contributed by atoms with Crippen LogP contribution in [-0.4, -0.2) is 63.2 Å². The van der Waals surface area contributed by atoms with Crippen LogP contribution >= 0.6 is 11.8 Å². The molecule has 1 aliphatic carbocycles. The van der Waals surface area contributed by atoms with Gasteiger partial charge in [0.1, 0.15) is 0 Å². The molecule has 0 radical (unpaired) electrons. The number of thioether (sulfide) groups is 1. The lowest BCUT2D eigenvalue weighted by Crippen LogP contribution is -2.50. The van der Waals surface area contributed by atoms with Crippen molar-refractivity contribution in [2.75, 3.05) is 32.7 Å². The molecule has 29 heavy (non-hydrogen) atoms. The molecule has 7 heteroatoms. The van der Waals surface area contributed by atoms with Crippen LogP contribution in [0.2, 0.25) is 0 Å². The van der Waals surface area contributed by atoms with Gasteiger partial charge in [-0.2, -0.15) is 0 Å². The van der Waals surface area contributed by atoms with Gasteiger partial charge in [-0.05, 0) is 38.4 Å². The zero-order chi connectivity index (χ0) is 20.4. The van der Waals surface area contributed by atoms with E-state index >= 15 is 0 Å². The third kappa shape index (κ3) is 4.21. The Labute approximate surface area is 176 Å². The first-order chi connectivity index (χ1) is 14.1. The third-order valence-corrected chi connectivity index (χ3v) is 7.28. The van der Waals surface area contributed by atoms with E-state index in [1.807, 2.05) is 40.7 Å². The van der Waals surface area contributed by atoms with Gasteiger partial charge in [0.25, 0.3) is 5.56 Å². The van der Waals surface area contributed by atoms with E-state index in [1.54, 1.807) is 0 Å². The highest BCUT2D eigenvalue weighted by atomic mass is 32.2. The molecule has 0 spiro atoms. The number of benzene rings is 1. The van der Waals surface area contributed by atoms with E-state index in [4.69, 9.17) is 4.98 Å². The number of rotatable bonds is 5. The molecular formula is C22H30N4O2S. The molecule has 2 fully saturated rings. The van der Waals surface area contributed by atoms with Crippen LogP contribution in [0.1, 0.15) is 45.6 Å². The summed E-state index contributed by atoms with van der Waals surface area (Å²) in [5.74, 6) is 0.145. The quantitative estimate of drug-likeness (QED) is 0.556. The number of para-hydroxylation sites is 1. The molecular weight excluding hydrogens is 384 g/mol. The summed E-state index contributed by atoms with van der Waals surface area (Å²) in [6.45, 7) is 8.54. The average Bonchev–Trinajstić information content (AvgIpc) is 3.27. The highest BCUT2D eigenvalue weighted by molar-refractivity contribution is 8.00. The fourth-order valence-electron chi connectivity index (χ4n) is 4.44. The Morgan fingerprint density at radius 1 is 1.17 bits per heavy atom. The maximum absolute atomic E-state index is 13.3. The van der Waals surface area contributed by atoms with Gasteiger partial charge in [0.2, 0.25) is 5.91 Å². The summed E-state index contributed by atoms with van der Waals surface area (Å²) in [4.78, 5) is 35.5. The molecule has 1 saturated carbocycles. The number of carbonyl (C=O) groups is 1. The van der Waals surface area contributed by atoms with Crippen LogP contribution < -0.4 is 5.56 Å². The van der Waals surface area contributed by atoms with Gasteiger partial charge in [-0.1, -0.05) is 43.7 Å². The maximum Gasteiger partial charge on any atom is 0.262 e. The van der Waals surface area contributed by atoms with E-state index in [2.05, 4.69) is 11.8 Å². The molecule has 2 aliphatic rings. The SMILES string of the molecule is CCN1CCN(C(=O)C(C)Sc2nc3ccccc3c(=O)n2C2CCCC2)CC1. The largest absolute Gasteiger partial charge is 0.339 e. The van der Waals surface area contributed by atoms with Gasteiger partial charge in [-0.3, -0.25) is 14.2 Å². The predicted molar refractivity (Wildman–Crippen MR) is 118 cm³/mol. The van der Waals surface area contributed by atoms with Gasteiger partial charge < -0.3 is 9.80 Å². The minimum atomic E-state index is -0.260. The molecule has 1 aliphatic heterocycles. The number of amides is 1. The Morgan fingerprint density at radius 3 is 2.55 bits per heavy atom. The van der Waals surface area contributed by atoms with E-state index in [9.17, 15) is 9.59 Å². The van der Waals surface area contributed by atoms with Gasteiger partial charge in [-0.25, -0.2) is 4.98 Å². The molecule has 1 amide bonds. The van der Waals surface area contributed by atoms with Crippen LogP contribution in [0.3, 0.4) is 0 Å². The van der Waals surface area contributed by atoms with E-state index in [0.29, 0.717) is 16.1 Å². The highest BCUT2D eigenvalue weighted by Gasteiger charge is 2.28. The summed E-state index contributed by atoms with van der Waals surface area (Å²) in [7, 11) is 0. The van der Waals surface area contributed by atoms with Gasteiger partial charge in [0, 0.05) is 32.2 Å². The highest BCUT2D eigenvalue weighted by Crippen LogP contribution is 2.33. The number of likely N-dealkylation sites (N-methyl/N-ethyl adjacent to an activating group) is 1. The first-order valence-corrected chi connectivity index (χ1v) is 11.7. The first-order valence-electron chi connectivity index (χ1n) is 10.8. The van der Waals surface area contributed by atoms with Crippen molar-refractivity contribution in [3.05, 3.63) is 34.6 Å². The topological polar surface area (TPSA) is 58.4 Å². The monoisotopic (exact) mass is 414 g/mol. The van der Waals surface area contributed by atoms with Crippen LogP contribution in [0.25, 0.3) is 10.9 Å². The fourth-order valence-corrected chi connectivity index (χ4v) is 5.51. The number of nitrogens with zero attached hydrogens (tertiary/aromatic N) is 4. The van der Waals surface area contributed by atoms with Crippen molar-refractivity contribution in [1.29, 1.82) is 0 Å². The van der Waals surface area contributed by atoms with Crippen LogP contribution in [0.4, 0.5) is 0 Å². The van der Waals surface area contributed by atoms with Crippen molar-refractivity contribution in [2.24, 2.45) is 0 Å². The normalized spacial score (nSPS) is 19.7. The molecule has 1 aromatic heterocycles. The lowest BCUT2D eigenvalue weighted by Gasteiger charge is -2.35. The molecule has 4 rings (SSSR count). The number of piperazine rings is 1. The zero-order valence-corrected chi connectivity index (χ0v) is 18.2. The minimum absolute atomic E-state index is 0.0289. The second kappa shape index (κ2) is 8.88. The van der Waals surface area contributed by atoms with E-state index in [-0.39, 0.29) is 22.8 Å². The van der Waals surface area contributed by atoms with E-state index in [0.717, 1.165) is 58.4 Å². The van der Waals surface area contributed by atoms with Gasteiger partial charge in [0.05, 0.1) is 16.2 Å². The lowest BCUT2D eigenvalue weighted by molar-refractivity contribution is -0.132. The third-order valence-electron chi connectivity index (χ3n) is 6.23. The minimum Gasteiger partial charge on any atom is -0.339 e. The summed E-state index contributed by atoms with van der Waals surface area (Å²) >= 11 is 1.44. The summed E-state index contributed by atoms with van der Waals surface area (Å²) in [6, 6.07) is 7.73. The summed E-state index contributed by atoms with van der Waals surface area (Å²) in [6.07, 6.45) is 4.30. The van der Waals surface area contributed by atoms with Gasteiger partial charge in [-0.15, -0.1) is 0 Å². The number of hydrogen-bond acceptors (Lipinski definition) is 5. The molecule has 6 nitrogen and oxygen atoms in total. The molecule has 1 atom stereocenters. The van der Waals surface area contributed by atoms with Crippen molar-refractivity contribution in [2.45, 2.75) is 56.0 Å². The Hall–Kier alpha value is -1.86. The summed E-state index contributed by atoms with van der Waals surface area (Å²) in [5.41, 5.74) is 0.742. The molecule has 0 N–H and O–H groups in total. The average molecular weight is 415 g/mol. The standard InChI is InChI=1S/C22H30N4O2S/c1-3-24-12-14-25(15-13-24)20(27)16(2)29-22-23-19-11-7-6-10-18(19)21(28)26(22)17-8-4-5-9-17/h6-7,10-11,16-17H,3-5,8-9,12-15H2,1-2H3. The summed E-state index contributed by atoms with van der Waals surface area (Å²) in [5, 5.41) is 1.09. The van der Waals surface area contributed by atoms with Crippen molar-refractivity contribution < 1.29 is 4.79 Å². The molecule has 1 unspecified atom stereocenters. The Morgan fingerprint density at radius 2 is 1.86 bits per heavy atom. The maximum atomic E-state index is 13.3. The molecule has 2 heterocycles. The molecule has 1 aromatic carbocycles. The molecule has 156 valence electrons. The van der Waals surface area contributed by atoms with Crippen molar-refractivity contribution in [1.82, 2.24) is 19.4 Å². The van der Waals surface area contributed by atoms with Gasteiger partial charge in [0.15, 0.2) is 5.16 Å².